The molecule has 102 valence electrons. The first-order valence-electron chi connectivity index (χ1n) is 6.85. The molecule has 4 heteroatoms. The summed E-state index contributed by atoms with van der Waals surface area (Å²) < 4.78 is 0. The Morgan fingerprint density at radius 3 is 3.05 bits per heavy atom. The fraction of sp³-hybridized carbons (Fsp3) is 0.533. The largest absolute Gasteiger partial charge is 0.352 e. The second kappa shape index (κ2) is 7.27. The molecule has 1 aliphatic rings. The molecule has 0 bridgehead atoms. The summed E-state index contributed by atoms with van der Waals surface area (Å²) in [5.41, 5.74) is 3.82. The van der Waals surface area contributed by atoms with Crippen molar-refractivity contribution in [3.05, 3.63) is 34.5 Å². The molecule has 19 heavy (non-hydrogen) atoms. The zero-order valence-electron chi connectivity index (χ0n) is 11.2. The highest BCUT2D eigenvalue weighted by molar-refractivity contribution is 7.09. The lowest BCUT2D eigenvalue weighted by Gasteiger charge is -2.19. The molecular weight excluding hydrogens is 256 g/mol. The fourth-order valence-electron chi connectivity index (χ4n) is 2.43. The third-order valence-corrected chi connectivity index (χ3v) is 4.32. The van der Waals surface area contributed by atoms with Gasteiger partial charge in [-0.05, 0) is 18.9 Å². The maximum atomic E-state index is 11.7. The molecule has 0 spiro atoms. The zero-order chi connectivity index (χ0) is 13.5. The molecule has 1 aromatic heterocycles. The number of nitrogens with zero attached hydrogens (tertiary/aromatic N) is 1. The van der Waals surface area contributed by atoms with Gasteiger partial charge in [0.1, 0.15) is 5.01 Å². The molecule has 1 aliphatic carbocycles. The van der Waals surface area contributed by atoms with Crippen LogP contribution in [0.5, 0.6) is 0 Å². The van der Waals surface area contributed by atoms with Crippen LogP contribution in [0.15, 0.2) is 23.8 Å². The standard InChI is InChI=1S/C15H20N2OS/c1-2-3-9-16-14(18)10-15-17-13(11-19-15)12-7-5-4-6-8-12/h3,11-12H,1,4-10H2,(H,16,18). The van der Waals surface area contributed by atoms with Crippen LogP contribution in [0.1, 0.15) is 48.7 Å². The van der Waals surface area contributed by atoms with Crippen molar-refractivity contribution >= 4 is 17.2 Å². The number of thiazole rings is 1. The van der Waals surface area contributed by atoms with Crippen LogP contribution in [0, 0.1) is 0 Å². The summed E-state index contributed by atoms with van der Waals surface area (Å²) in [6.07, 6.45) is 8.55. The van der Waals surface area contributed by atoms with E-state index >= 15 is 0 Å². The van der Waals surface area contributed by atoms with Gasteiger partial charge in [-0.3, -0.25) is 4.79 Å². The third-order valence-electron chi connectivity index (χ3n) is 3.45. The molecular formula is C15H20N2OS. The van der Waals surface area contributed by atoms with E-state index in [-0.39, 0.29) is 5.91 Å². The van der Waals surface area contributed by atoms with Crippen LogP contribution in [-0.2, 0) is 11.2 Å². The lowest BCUT2D eigenvalue weighted by Crippen LogP contribution is -2.24. The Balaban J connectivity index is 1.86. The van der Waals surface area contributed by atoms with Gasteiger partial charge < -0.3 is 5.32 Å². The number of carbonyl (C=O) groups excluding carboxylic acids is 1. The van der Waals surface area contributed by atoms with E-state index in [4.69, 9.17) is 0 Å². The molecule has 1 aromatic rings. The number of hydrogen-bond donors (Lipinski definition) is 1. The molecule has 0 unspecified atom stereocenters. The van der Waals surface area contributed by atoms with Crippen molar-refractivity contribution in [1.29, 1.82) is 0 Å². The monoisotopic (exact) mass is 276 g/mol. The molecule has 0 aliphatic heterocycles. The highest BCUT2D eigenvalue weighted by Crippen LogP contribution is 2.33. The van der Waals surface area contributed by atoms with Gasteiger partial charge in [-0.15, -0.1) is 17.1 Å². The van der Waals surface area contributed by atoms with Crippen molar-refractivity contribution in [2.75, 3.05) is 6.54 Å². The minimum atomic E-state index is 0.0102. The van der Waals surface area contributed by atoms with Crippen molar-refractivity contribution < 1.29 is 4.79 Å². The summed E-state index contributed by atoms with van der Waals surface area (Å²) in [4.78, 5) is 16.3. The Morgan fingerprint density at radius 2 is 2.32 bits per heavy atom. The van der Waals surface area contributed by atoms with Gasteiger partial charge in [0, 0.05) is 17.8 Å². The minimum absolute atomic E-state index is 0.0102. The summed E-state index contributed by atoms with van der Waals surface area (Å²) in [6, 6.07) is 0. The Hall–Kier alpha value is -1.38. The predicted octanol–water partition coefficient (Wildman–Crippen LogP) is 3.19. The zero-order valence-corrected chi connectivity index (χ0v) is 12.0. The van der Waals surface area contributed by atoms with Crippen molar-refractivity contribution in [3.8, 4) is 0 Å². The van der Waals surface area contributed by atoms with Crippen LogP contribution in [-0.4, -0.2) is 17.4 Å². The normalized spacial score (nSPS) is 15.8. The predicted molar refractivity (Wildman–Crippen MR) is 78.4 cm³/mol. The third kappa shape index (κ3) is 4.34. The van der Waals surface area contributed by atoms with Crippen LogP contribution in [0.25, 0.3) is 0 Å². The van der Waals surface area contributed by atoms with Crippen molar-refractivity contribution in [3.63, 3.8) is 0 Å². The van der Waals surface area contributed by atoms with Gasteiger partial charge in [0.15, 0.2) is 0 Å². The number of aromatic nitrogens is 1. The van der Waals surface area contributed by atoms with Crippen molar-refractivity contribution in [2.45, 2.75) is 44.4 Å². The van der Waals surface area contributed by atoms with Gasteiger partial charge in [0.05, 0.1) is 12.1 Å². The van der Waals surface area contributed by atoms with E-state index in [0.29, 0.717) is 18.9 Å². The SMILES string of the molecule is C=C=CCNC(=O)Cc1nc(C2CCCCC2)cs1. The lowest BCUT2D eigenvalue weighted by atomic mass is 9.87. The number of rotatable bonds is 5. The van der Waals surface area contributed by atoms with Gasteiger partial charge in [0.25, 0.3) is 0 Å². The topological polar surface area (TPSA) is 42.0 Å². The molecule has 3 nitrogen and oxygen atoms in total. The smallest absolute Gasteiger partial charge is 0.227 e. The number of amides is 1. The van der Waals surface area contributed by atoms with Gasteiger partial charge in [-0.1, -0.05) is 25.8 Å². The van der Waals surface area contributed by atoms with E-state index in [1.54, 1.807) is 17.4 Å². The van der Waals surface area contributed by atoms with Crippen LogP contribution >= 0.6 is 11.3 Å². The summed E-state index contributed by atoms with van der Waals surface area (Å²) in [7, 11) is 0. The quantitative estimate of drug-likeness (QED) is 0.839. The Bertz CT molecular complexity index is 468. The van der Waals surface area contributed by atoms with E-state index in [1.807, 2.05) is 0 Å². The average Bonchev–Trinajstić information content (AvgIpc) is 2.88. The van der Waals surface area contributed by atoms with E-state index in [1.165, 1.54) is 37.8 Å². The van der Waals surface area contributed by atoms with Crippen LogP contribution in [0.4, 0.5) is 0 Å². The summed E-state index contributed by atoms with van der Waals surface area (Å²) >= 11 is 1.60. The minimum Gasteiger partial charge on any atom is -0.352 e. The Kier molecular flexibility index (Phi) is 5.37. The first kappa shape index (κ1) is 14.0. The molecule has 2 rings (SSSR count). The van der Waals surface area contributed by atoms with Crippen LogP contribution in [0.2, 0.25) is 0 Å². The van der Waals surface area contributed by atoms with Crippen LogP contribution < -0.4 is 5.32 Å². The van der Waals surface area contributed by atoms with Gasteiger partial charge in [-0.25, -0.2) is 4.98 Å². The Labute approximate surface area is 118 Å². The molecule has 0 saturated heterocycles. The van der Waals surface area contributed by atoms with Crippen LogP contribution in [0.3, 0.4) is 0 Å². The van der Waals surface area contributed by atoms with E-state index in [2.05, 4.69) is 28.0 Å². The average molecular weight is 276 g/mol. The molecule has 1 N–H and O–H groups in total. The fourth-order valence-corrected chi connectivity index (χ4v) is 3.30. The molecule has 0 atom stereocenters. The number of nitrogens with one attached hydrogen (secondary N) is 1. The summed E-state index contributed by atoms with van der Waals surface area (Å²) in [5.74, 6) is 0.626. The maximum Gasteiger partial charge on any atom is 0.227 e. The molecule has 0 radical (unpaired) electrons. The molecule has 0 aromatic carbocycles. The summed E-state index contributed by atoms with van der Waals surface area (Å²) in [6.45, 7) is 3.94. The van der Waals surface area contributed by atoms with Crippen molar-refractivity contribution in [2.24, 2.45) is 0 Å². The molecule has 1 heterocycles. The Morgan fingerprint density at radius 1 is 1.53 bits per heavy atom. The van der Waals surface area contributed by atoms with Gasteiger partial charge >= 0.3 is 0 Å². The first-order chi connectivity index (χ1) is 9.29. The van der Waals surface area contributed by atoms with Crippen molar-refractivity contribution in [1.82, 2.24) is 10.3 Å². The maximum absolute atomic E-state index is 11.7. The van der Waals surface area contributed by atoms with Gasteiger partial charge in [0.2, 0.25) is 5.91 Å². The molecule has 1 amide bonds. The molecule has 1 fully saturated rings. The molecule has 1 saturated carbocycles. The van der Waals surface area contributed by atoms with E-state index in [0.717, 1.165) is 5.01 Å². The second-order valence-electron chi connectivity index (χ2n) is 4.89. The highest BCUT2D eigenvalue weighted by Gasteiger charge is 2.18. The van der Waals surface area contributed by atoms with E-state index < -0.39 is 0 Å². The van der Waals surface area contributed by atoms with Gasteiger partial charge in [-0.2, -0.15) is 0 Å². The number of carbonyl (C=O) groups is 1. The van der Waals surface area contributed by atoms with E-state index in [9.17, 15) is 4.79 Å². The first-order valence-corrected chi connectivity index (χ1v) is 7.73. The number of hydrogen-bond acceptors (Lipinski definition) is 3. The lowest BCUT2D eigenvalue weighted by molar-refractivity contribution is -0.120. The summed E-state index contributed by atoms with van der Waals surface area (Å²) in [5, 5.41) is 5.84. The second-order valence-corrected chi connectivity index (χ2v) is 5.83. The highest BCUT2D eigenvalue weighted by atomic mass is 32.1.